The number of rotatable bonds is 6. The zero-order valence-corrected chi connectivity index (χ0v) is 31.1. The Morgan fingerprint density at radius 3 is 1.42 bits per heavy atom. The molecule has 2 aliphatic heterocycles. The molecule has 8 aliphatic carbocycles. The third-order valence-corrected chi connectivity index (χ3v) is 18.6. The molecule has 0 amide bonds. The van der Waals surface area contributed by atoms with Crippen molar-refractivity contribution in [3.8, 4) is 0 Å². The van der Waals surface area contributed by atoms with Gasteiger partial charge in [0.2, 0.25) is 0 Å². The Morgan fingerprint density at radius 1 is 0.660 bits per heavy atom. The lowest BCUT2D eigenvalue weighted by Crippen LogP contribution is -2.67. The first-order valence-corrected chi connectivity index (χ1v) is 20.5. The van der Waals surface area contributed by atoms with Crippen molar-refractivity contribution in [3.05, 3.63) is 22.3 Å². The fraction of sp³-hybridized carbons (Fsp3) is 0.857. The van der Waals surface area contributed by atoms with Crippen LogP contribution in [0.4, 0.5) is 0 Å². The lowest BCUT2D eigenvalue weighted by atomic mass is 9.50. The number of allylic oxidation sites excluding steroid dienone is 2. The largest absolute Gasteiger partial charge is 0.469 e. The van der Waals surface area contributed by atoms with Crippen LogP contribution in [0.15, 0.2) is 22.3 Å². The molecule has 2 saturated heterocycles. The van der Waals surface area contributed by atoms with Crippen LogP contribution < -0.4 is 10.6 Å². The van der Waals surface area contributed by atoms with Crippen molar-refractivity contribution >= 4 is 11.9 Å². The molecule has 0 unspecified atom stereocenters. The highest BCUT2D eigenvalue weighted by Crippen LogP contribution is 2.79. The van der Waals surface area contributed by atoms with Gasteiger partial charge in [0.15, 0.2) is 0 Å². The first-order chi connectivity index (χ1) is 24.2. The average Bonchev–Trinajstić information content (AvgIpc) is 3.95. The highest BCUT2D eigenvalue weighted by atomic mass is 16.5. The van der Waals surface area contributed by atoms with E-state index in [1.54, 1.807) is 22.3 Å². The fourth-order valence-corrected chi connectivity index (χ4v) is 16.8. The summed E-state index contributed by atoms with van der Waals surface area (Å²) < 4.78 is 10.5. The third kappa shape index (κ3) is 3.60. The van der Waals surface area contributed by atoms with E-state index in [2.05, 4.69) is 24.5 Å². The standard InChI is InChI=1S/2C21H31NO3/c2*1-3-20-9-8-19(12-23)14(11-22-20)6-4-13-5-7-15-16(18(24)25-2)10-21(19,20)17(13)15/h2*14-16,22-23H,3-12H2,1-2H3/t2*14-,15-,16-,19-,20+,21-/m11/s1. The van der Waals surface area contributed by atoms with Crippen molar-refractivity contribution < 1.29 is 29.3 Å². The van der Waals surface area contributed by atoms with Gasteiger partial charge >= 0.3 is 11.9 Å². The van der Waals surface area contributed by atoms with Crippen molar-refractivity contribution in [3.63, 3.8) is 0 Å². The molecule has 0 aromatic rings. The number of carbonyl (C=O) groups is 2. The summed E-state index contributed by atoms with van der Waals surface area (Å²) in [6.45, 7) is 7.22. The molecule has 50 heavy (non-hydrogen) atoms. The van der Waals surface area contributed by atoms with Gasteiger partial charge in [-0.3, -0.25) is 9.59 Å². The second kappa shape index (κ2) is 11.4. The van der Waals surface area contributed by atoms with E-state index in [9.17, 15) is 19.8 Å². The van der Waals surface area contributed by atoms with Gasteiger partial charge in [-0.05, 0) is 139 Å². The summed E-state index contributed by atoms with van der Waals surface area (Å²) in [5.41, 5.74) is 6.48. The summed E-state index contributed by atoms with van der Waals surface area (Å²) in [6, 6.07) is 0. The topological polar surface area (TPSA) is 117 Å². The van der Waals surface area contributed by atoms with Crippen LogP contribution in [-0.2, 0) is 19.1 Å². The number of ether oxygens (including phenoxy) is 2. The Balaban J connectivity index is 0.000000135. The second-order valence-electron chi connectivity index (χ2n) is 18.5. The summed E-state index contributed by atoms with van der Waals surface area (Å²) in [4.78, 5) is 25.4. The number of hydrogen-bond acceptors (Lipinski definition) is 8. The molecule has 10 rings (SSSR count). The van der Waals surface area contributed by atoms with Gasteiger partial charge < -0.3 is 30.3 Å². The quantitative estimate of drug-likeness (QED) is 0.210. The number of nitrogens with one attached hydrogen (secondary N) is 2. The van der Waals surface area contributed by atoms with Gasteiger partial charge in [0.25, 0.3) is 0 Å². The predicted octanol–water partition coefficient (Wildman–Crippen LogP) is 5.61. The highest BCUT2D eigenvalue weighted by Gasteiger charge is 2.79. The monoisotopic (exact) mass is 690 g/mol. The zero-order chi connectivity index (χ0) is 34.9. The Hall–Kier alpha value is -1.74. The number of methoxy groups -OCH3 is 2. The van der Waals surface area contributed by atoms with E-state index in [1.165, 1.54) is 39.9 Å². The van der Waals surface area contributed by atoms with Crippen molar-refractivity contribution in [2.45, 2.75) is 128 Å². The van der Waals surface area contributed by atoms with Gasteiger partial charge in [-0.25, -0.2) is 0 Å². The van der Waals surface area contributed by atoms with Crippen LogP contribution in [0.1, 0.15) is 117 Å². The van der Waals surface area contributed by atoms with Crippen molar-refractivity contribution in [2.75, 3.05) is 40.5 Å². The van der Waals surface area contributed by atoms with Gasteiger partial charge in [0, 0.05) is 46.0 Å². The van der Waals surface area contributed by atoms with Crippen LogP contribution >= 0.6 is 0 Å². The van der Waals surface area contributed by atoms with E-state index >= 15 is 0 Å². The van der Waals surface area contributed by atoms with Crippen LogP contribution in [-0.4, -0.2) is 73.8 Å². The first-order valence-electron chi connectivity index (χ1n) is 20.5. The first kappa shape index (κ1) is 34.1. The van der Waals surface area contributed by atoms with Gasteiger partial charge in [-0.15, -0.1) is 0 Å². The summed E-state index contributed by atoms with van der Waals surface area (Å²) in [6.07, 6.45) is 17.7. The van der Waals surface area contributed by atoms with E-state index in [1.807, 2.05) is 0 Å². The summed E-state index contributed by atoms with van der Waals surface area (Å²) in [7, 11) is 3.07. The molecule has 0 aromatic heterocycles. The van der Waals surface area contributed by atoms with Gasteiger partial charge in [0.1, 0.15) is 0 Å². The number of piperidine rings is 2. The average molecular weight is 691 g/mol. The molecule has 12 atom stereocenters. The van der Waals surface area contributed by atoms with Gasteiger partial charge in [-0.1, -0.05) is 36.1 Å². The second-order valence-corrected chi connectivity index (χ2v) is 18.5. The highest BCUT2D eigenvalue weighted by molar-refractivity contribution is 5.76. The molecule has 276 valence electrons. The van der Waals surface area contributed by atoms with E-state index in [-0.39, 0.29) is 69.7 Å². The zero-order valence-electron chi connectivity index (χ0n) is 31.1. The molecule has 0 radical (unpaired) electrons. The molecule has 8 heteroatoms. The van der Waals surface area contributed by atoms with Crippen molar-refractivity contribution in [2.24, 2.45) is 57.2 Å². The molecule has 4 N–H and O–H groups in total. The molecule has 8 nitrogen and oxygen atoms in total. The number of esters is 2. The van der Waals surface area contributed by atoms with E-state index in [4.69, 9.17) is 9.47 Å². The smallest absolute Gasteiger partial charge is 0.309 e. The molecular formula is C42H62N2O6. The maximum Gasteiger partial charge on any atom is 0.309 e. The fourth-order valence-electron chi connectivity index (χ4n) is 16.8. The summed E-state index contributed by atoms with van der Waals surface area (Å²) in [5, 5.41) is 29.5. The lowest BCUT2D eigenvalue weighted by Gasteiger charge is -2.60. The van der Waals surface area contributed by atoms with E-state index < -0.39 is 0 Å². The number of aliphatic hydroxyl groups is 2. The number of carbonyl (C=O) groups excluding carboxylic acids is 2. The third-order valence-electron chi connectivity index (χ3n) is 18.6. The SMILES string of the molecule is CC[C@]12CC[C@@]3(CO)[C@H](CCC4=C5[C@H](CC4)[C@H](C(=O)OC)C[C@]513)CN2.CC[C@]12CC[C@@]3(CO)[C@H](CCC4=C5[C@H](CC4)[C@H](C(=O)OC)C[C@]513)CN2. The maximum absolute atomic E-state index is 12.7. The number of aliphatic hydroxyl groups excluding tert-OH is 2. The van der Waals surface area contributed by atoms with Crippen molar-refractivity contribution in [1.82, 2.24) is 10.6 Å². The summed E-state index contributed by atoms with van der Waals surface area (Å²) >= 11 is 0. The normalized spacial score (nSPS) is 50.0. The van der Waals surface area contributed by atoms with Gasteiger partial charge in [0.05, 0.1) is 26.1 Å². The van der Waals surface area contributed by atoms with Gasteiger partial charge in [-0.2, -0.15) is 0 Å². The lowest BCUT2D eigenvalue weighted by molar-refractivity contribution is -0.149. The molecule has 6 fully saturated rings. The Labute approximate surface area is 299 Å². The van der Waals surface area contributed by atoms with E-state index in [0.717, 1.165) is 90.1 Å². The minimum absolute atomic E-state index is 0.00824. The number of hydrogen-bond donors (Lipinski definition) is 4. The maximum atomic E-state index is 12.7. The van der Waals surface area contributed by atoms with Crippen molar-refractivity contribution in [1.29, 1.82) is 0 Å². The van der Waals surface area contributed by atoms with Crippen LogP contribution in [0, 0.1) is 57.2 Å². The Morgan fingerprint density at radius 2 is 1.06 bits per heavy atom. The van der Waals surface area contributed by atoms with Crippen LogP contribution in [0.3, 0.4) is 0 Å². The minimum Gasteiger partial charge on any atom is -0.469 e. The molecule has 2 spiro atoms. The Bertz CT molecular complexity index is 1430. The van der Waals surface area contributed by atoms with Crippen LogP contribution in [0.2, 0.25) is 0 Å². The summed E-state index contributed by atoms with van der Waals surface area (Å²) in [5.74, 6) is 1.71. The molecule has 4 saturated carbocycles. The van der Waals surface area contributed by atoms with Crippen LogP contribution in [0.5, 0.6) is 0 Å². The predicted molar refractivity (Wildman–Crippen MR) is 190 cm³/mol. The minimum atomic E-state index is -0.0310. The van der Waals surface area contributed by atoms with Crippen LogP contribution in [0.25, 0.3) is 0 Å². The molecular weight excluding hydrogens is 628 g/mol. The molecule has 0 aromatic carbocycles. The molecule has 10 aliphatic rings. The molecule has 8 bridgehead atoms. The Kier molecular flexibility index (Phi) is 7.75. The molecule has 2 heterocycles. The van der Waals surface area contributed by atoms with E-state index in [0.29, 0.717) is 23.7 Å².